The third-order valence-corrected chi connectivity index (χ3v) is 9.79. The number of esters is 2. The number of ether oxygens (including phenoxy) is 4. The Morgan fingerprint density at radius 1 is 0.871 bits per heavy atom. The number of rotatable bonds is 31. The average Bonchev–Trinajstić information content (AvgIpc) is 3.34. The molecule has 0 bridgehead atoms. The van der Waals surface area contributed by atoms with Gasteiger partial charge in [-0.15, -0.1) is 12.3 Å². The first-order chi connectivity index (χ1) is 33.4. The van der Waals surface area contributed by atoms with Crippen molar-refractivity contribution in [2.24, 2.45) is 29.0 Å². The molecule has 0 saturated carbocycles. The fraction of sp³-hybridized carbons (Fsp3) is 0.547. The van der Waals surface area contributed by atoms with Crippen LogP contribution in [0, 0.1) is 44.4 Å². The summed E-state index contributed by atoms with van der Waals surface area (Å²) >= 11 is 0. The Labute approximate surface area is 420 Å². The second-order valence-electron chi connectivity index (χ2n) is 15.3. The first kappa shape index (κ1) is 70.2. The number of benzene rings is 1. The van der Waals surface area contributed by atoms with Gasteiger partial charge < -0.3 is 46.8 Å². The van der Waals surface area contributed by atoms with Gasteiger partial charge in [-0.05, 0) is 88.3 Å². The highest BCUT2D eigenvalue weighted by Crippen LogP contribution is 2.26. The zero-order valence-electron chi connectivity index (χ0n) is 44.2. The van der Waals surface area contributed by atoms with Crippen molar-refractivity contribution in [1.82, 2.24) is 4.90 Å². The average molecular weight is 984 g/mol. The third kappa shape index (κ3) is 38.6. The van der Waals surface area contributed by atoms with E-state index in [1.807, 2.05) is 69.9 Å². The van der Waals surface area contributed by atoms with Gasteiger partial charge in [0, 0.05) is 54.9 Å². The molecule has 396 valence electrons. The number of nitro groups is 2. The first-order valence-corrected chi connectivity index (χ1v) is 24.1. The summed E-state index contributed by atoms with van der Waals surface area (Å²) in [5, 5.41) is 20.5. The smallest absolute Gasteiger partial charge is 0.330 e. The Hall–Kier alpha value is -6.38. The maximum absolute atomic E-state index is 11.2. The monoisotopic (exact) mass is 984 g/mol. The normalized spacial score (nSPS) is 12.2. The van der Waals surface area contributed by atoms with E-state index in [4.69, 9.17) is 41.9 Å². The van der Waals surface area contributed by atoms with Crippen molar-refractivity contribution >= 4 is 29.0 Å². The summed E-state index contributed by atoms with van der Waals surface area (Å²) < 4.78 is 21.9. The van der Waals surface area contributed by atoms with E-state index in [0.717, 1.165) is 72.7 Å². The van der Waals surface area contributed by atoms with Crippen molar-refractivity contribution in [2.45, 2.75) is 127 Å². The maximum atomic E-state index is 11.2. The fourth-order valence-corrected chi connectivity index (χ4v) is 5.56. The Morgan fingerprint density at radius 3 is 1.80 bits per heavy atom. The van der Waals surface area contributed by atoms with Gasteiger partial charge >= 0.3 is 11.9 Å². The number of carbonyl (C=O) groups excluding carboxylic acids is 2. The highest BCUT2D eigenvalue weighted by atomic mass is 16.6. The van der Waals surface area contributed by atoms with Gasteiger partial charge in [0.2, 0.25) is 0 Å². The predicted octanol–water partition coefficient (Wildman–Crippen LogP) is 10.7. The molecule has 17 heteroatoms. The van der Waals surface area contributed by atoms with Crippen LogP contribution in [-0.2, 0) is 28.5 Å². The van der Waals surface area contributed by atoms with Gasteiger partial charge in [0.05, 0.1) is 48.0 Å². The molecule has 0 spiro atoms. The summed E-state index contributed by atoms with van der Waals surface area (Å²) in [5.74, 6) is 3.43. The van der Waals surface area contributed by atoms with E-state index in [-0.39, 0.29) is 24.6 Å². The number of carbonyl (C=O) groups is 2. The molecule has 8 N–H and O–H groups in total. The van der Waals surface area contributed by atoms with Gasteiger partial charge in [-0.2, -0.15) is 0 Å². The zero-order chi connectivity index (χ0) is 54.3. The molecule has 1 aromatic rings. The van der Waals surface area contributed by atoms with E-state index >= 15 is 0 Å². The Kier molecular flexibility index (Phi) is 47.8. The van der Waals surface area contributed by atoms with Crippen molar-refractivity contribution in [3.05, 3.63) is 123 Å². The molecular weight excluding hydrogens is 895 g/mol. The molecule has 1 rings (SSSR count). The Morgan fingerprint density at radius 2 is 1.39 bits per heavy atom. The molecule has 1 aromatic carbocycles. The number of nitro benzene ring substituents is 2. The third-order valence-electron chi connectivity index (χ3n) is 9.79. The molecule has 0 fully saturated rings. The van der Waals surface area contributed by atoms with E-state index in [0.29, 0.717) is 50.2 Å². The molecule has 0 aromatic heterocycles. The van der Waals surface area contributed by atoms with E-state index in [1.165, 1.54) is 44.9 Å². The molecule has 2 atom stereocenters. The van der Waals surface area contributed by atoms with Crippen LogP contribution in [0.15, 0.2) is 102 Å². The molecule has 0 aliphatic carbocycles. The SMILES string of the molecule is C#CC.C=CC(=O)OCCN(CCOC(=O)C=C)C(/C=C\C)=C/C(C)=C(\C)N.CC.CCCCC(CC)COC/C=C(/N)C/C(=C\CN)OCC(CC)CCCC.Nc1ccc([N+](=O)[O-])cc1[N+](=O)[O-]. The van der Waals surface area contributed by atoms with Crippen molar-refractivity contribution in [3.63, 3.8) is 0 Å². The van der Waals surface area contributed by atoms with Crippen LogP contribution in [0.25, 0.3) is 0 Å². The number of nitrogen functional groups attached to an aromatic ring is 1. The number of hydrogen-bond acceptors (Lipinski definition) is 15. The zero-order valence-corrected chi connectivity index (χ0v) is 44.2. The highest BCUT2D eigenvalue weighted by Gasteiger charge is 2.17. The molecule has 0 radical (unpaired) electrons. The van der Waals surface area contributed by atoms with Crippen molar-refractivity contribution in [2.75, 3.05) is 58.4 Å². The van der Waals surface area contributed by atoms with E-state index < -0.39 is 27.5 Å². The number of terminal acetylenes is 1. The number of unbranched alkanes of at least 4 members (excludes halogenated alkanes) is 2. The number of nitrogens with zero attached hydrogens (tertiary/aromatic N) is 3. The lowest BCUT2D eigenvalue weighted by atomic mass is 10.0. The number of anilines is 1. The quantitative estimate of drug-likeness (QED) is 0.00620. The number of non-ortho nitro benzene ring substituents is 1. The molecule has 70 heavy (non-hydrogen) atoms. The second kappa shape index (κ2) is 47.7. The molecular formula is C53H89N7O10. The van der Waals surface area contributed by atoms with Crippen molar-refractivity contribution in [1.29, 1.82) is 0 Å². The molecule has 0 saturated heterocycles. The Bertz CT molecular complexity index is 1800. The molecule has 0 aliphatic heterocycles. The Balaban J connectivity index is -0.000000466. The van der Waals surface area contributed by atoms with Gasteiger partial charge in [0.25, 0.3) is 11.4 Å². The van der Waals surface area contributed by atoms with Gasteiger partial charge in [0.15, 0.2) is 0 Å². The van der Waals surface area contributed by atoms with Crippen LogP contribution >= 0.6 is 0 Å². The van der Waals surface area contributed by atoms with E-state index in [2.05, 4.69) is 53.2 Å². The number of hydrogen-bond donors (Lipinski definition) is 4. The largest absolute Gasteiger partial charge is 0.498 e. The fourth-order valence-electron chi connectivity index (χ4n) is 5.56. The summed E-state index contributed by atoms with van der Waals surface area (Å²) in [6.45, 7) is 30.8. The second-order valence-corrected chi connectivity index (χ2v) is 15.3. The number of allylic oxidation sites excluding steroid dienone is 5. The minimum absolute atomic E-state index is 0.0874. The standard InChI is InChI=1S/C23H46N2O2.C19H28N2O4.C6H5N3O4.C3H4.C2H6/c1-5-9-11-20(7-3)18-26-16-14-22(25)17-23(13-15-24)27-19-21(8-4)12-10-6-2;1-6-9-17(14-15(4)16(5)20)21(10-12-24-18(22)7-2)11-13-25-19(23)8-3;7-5-2-1-4(8(10)11)3-6(5)9(12)13;1-3-2;1-2/h13-14,20-21H,5-12,15-19,24-25H2,1-4H3;6-9,14H,2-3,10-13,20H2,1,4-5H3;1-3H,7H2;1H,2H3;1-2H3/b22-14+,23-13+;9-6-,16-15+,17-14+;;;. The van der Waals surface area contributed by atoms with Crippen LogP contribution in [0.5, 0.6) is 0 Å². The van der Waals surface area contributed by atoms with E-state index in [9.17, 15) is 29.8 Å². The lowest BCUT2D eigenvalue weighted by Crippen LogP contribution is -2.31. The summed E-state index contributed by atoms with van der Waals surface area (Å²) in [6, 6.07) is 3.08. The van der Waals surface area contributed by atoms with Gasteiger partial charge in [0.1, 0.15) is 18.9 Å². The minimum atomic E-state index is -0.762. The predicted molar refractivity (Wildman–Crippen MR) is 287 cm³/mol. The van der Waals surface area contributed by atoms with Crippen LogP contribution in [0.3, 0.4) is 0 Å². The van der Waals surface area contributed by atoms with Crippen LogP contribution in [0.2, 0.25) is 0 Å². The lowest BCUT2D eigenvalue weighted by Gasteiger charge is -2.26. The maximum Gasteiger partial charge on any atom is 0.330 e. The molecule has 0 amide bonds. The van der Waals surface area contributed by atoms with Gasteiger partial charge in [-0.3, -0.25) is 20.2 Å². The topological polar surface area (TPSA) is 265 Å². The van der Waals surface area contributed by atoms with Crippen LogP contribution in [0.1, 0.15) is 127 Å². The number of nitrogens with two attached hydrogens (primary N) is 4. The molecule has 2 unspecified atom stereocenters. The van der Waals surface area contributed by atoms with Crippen molar-refractivity contribution < 1.29 is 38.4 Å². The molecule has 0 aliphatic rings. The highest BCUT2D eigenvalue weighted by molar-refractivity contribution is 5.81. The molecule has 17 nitrogen and oxygen atoms in total. The van der Waals surface area contributed by atoms with Gasteiger partial charge in [-0.1, -0.05) is 99.3 Å². The molecule has 0 heterocycles. The van der Waals surface area contributed by atoms with Crippen LogP contribution < -0.4 is 22.9 Å². The summed E-state index contributed by atoms with van der Waals surface area (Å²) in [7, 11) is 0. The summed E-state index contributed by atoms with van der Waals surface area (Å²) in [5.41, 5.74) is 25.3. The van der Waals surface area contributed by atoms with Gasteiger partial charge in [-0.25, -0.2) is 9.59 Å². The van der Waals surface area contributed by atoms with Crippen LogP contribution in [0.4, 0.5) is 17.1 Å². The van der Waals surface area contributed by atoms with Crippen LogP contribution in [-0.4, -0.2) is 79.4 Å². The summed E-state index contributed by atoms with van der Waals surface area (Å²) in [4.78, 5) is 43.4. The van der Waals surface area contributed by atoms with E-state index in [1.54, 1.807) is 6.92 Å². The summed E-state index contributed by atoms with van der Waals surface area (Å²) in [6.07, 6.45) is 26.9. The first-order valence-electron chi connectivity index (χ1n) is 24.1. The van der Waals surface area contributed by atoms with Crippen molar-refractivity contribution in [3.8, 4) is 12.3 Å². The minimum Gasteiger partial charge on any atom is -0.498 e. The lowest BCUT2D eigenvalue weighted by molar-refractivity contribution is -0.393.